The molecule has 6 nitrogen and oxygen atoms in total. The molecule has 0 saturated heterocycles. The Bertz CT molecular complexity index is 812. The smallest absolute Gasteiger partial charge is 0.355 e. The number of fused-ring (bicyclic) bond motifs is 1. The number of carbonyl (C=O) groups is 1. The van der Waals surface area contributed by atoms with E-state index in [4.69, 9.17) is 5.26 Å². The fourth-order valence-corrected chi connectivity index (χ4v) is 2.85. The molecule has 2 aromatic rings. The summed E-state index contributed by atoms with van der Waals surface area (Å²) in [4.78, 5) is 11.6. The van der Waals surface area contributed by atoms with Gasteiger partial charge in [-0.25, -0.2) is 17.2 Å². The number of hydrogen-bond acceptors (Lipinski definition) is 5. The lowest BCUT2D eigenvalue weighted by atomic mass is 10.2. The second-order valence-corrected chi connectivity index (χ2v) is 5.77. The van der Waals surface area contributed by atoms with Gasteiger partial charge in [-0.2, -0.15) is 5.26 Å². The van der Waals surface area contributed by atoms with Crippen LogP contribution in [-0.4, -0.2) is 31.7 Å². The maximum Gasteiger partial charge on any atom is 0.355 e. The van der Waals surface area contributed by atoms with Crippen molar-refractivity contribution in [2.45, 2.75) is 0 Å². The third-order valence-electron chi connectivity index (χ3n) is 2.62. The van der Waals surface area contributed by atoms with Crippen LogP contribution in [-0.2, 0) is 14.8 Å². The number of nitriles is 1. The van der Waals surface area contributed by atoms with Crippen molar-refractivity contribution >= 4 is 26.9 Å². The van der Waals surface area contributed by atoms with E-state index in [-0.39, 0.29) is 11.2 Å². The zero-order valence-corrected chi connectivity index (χ0v) is 11.1. The van der Waals surface area contributed by atoms with Gasteiger partial charge in [-0.1, -0.05) is 6.07 Å². The Kier molecular flexibility index (Phi) is 3.04. The summed E-state index contributed by atoms with van der Waals surface area (Å²) in [5.41, 5.74) is 0.504. The van der Waals surface area contributed by atoms with Crippen molar-refractivity contribution in [3.05, 3.63) is 35.5 Å². The second kappa shape index (κ2) is 4.40. The third-order valence-corrected chi connectivity index (χ3v) is 3.67. The van der Waals surface area contributed by atoms with E-state index in [1.807, 2.05) is 6.07 Å². The molecule has 0 fully saturated rings. The quantitative estimate of drug-likeness (QED) is 0.767. The first kappa shape index (κ1) is 13.1. The summed E-state index contributed by atoms with van der Waals surface area (Å²) in [6, 6.07) is 7.90. The van der Waals surface area contributed by atoms with Crippen LogP contribution in [0, 0.1) is 11.3 Å². The van der Waals surface area contributed by atoms with Crippen molar-refractivity contribution in [1.82, 2.24) is 3.97 Å². The Hall–Kier alpha value is -2.33. The average Bonchev–Trinajstić information content (AvgIpc) is 2.75. The molecule has 0 aliphatic carbocycles. The van der Waals surface area contributed by atoms with E-state index < -0.39 is 16.0 Å². The predicted molar refractivity (Wildman–Crippen MR) is 68.2 cm³/mol. The number of aromatic nitrogens is 1. The van der Waals surface area contributed by atoms with Gasteiger partial charge >= 0.3 is 5.97 Å². The first-order valence-corrected chi connectivity index (χ1v) is 7.08. The van der Waals surface area contributed by atoms with Crippen LogP contribution < -0.4 is 0 Å². The predicted octanol–water partition coefficient (Wildman–Crippen LogP) is 1.11. The number of methoxy groups -OCH3 is 1. The first-order chi connectivity index (χ1) is 8.88. The normalized spacial score (nSPS) is 11.2. The summed E-state index contributed by atoms with van der Waals surface area (Å²) in [5, 5.41) is 9.40. The number of benzene rings is 1. The Balaban J connectivity index is 2.92. The number of hydrogen-bond donors (Lipinski definition) is 0. The maximum absolute atomic E-state index is 11.8. The van der Waals surface area contributed by atoms with Crippen LogP contribution in [0.5, 0.6) is 0 Å². The minimum Gasteiger partial charge on any atom is -0.464 e. The minimum atomic E-state index is -3.69. The van der Waals surface area contributed by atoms with Gasteiger partial charge in [0.05, 0.1) is 30.5 Å². The van der Waals surface area contributed by atoms with Crippen molar-refractivity contribution in [2.75, 3.05) is 13.4 Å². The summed E-state index contributed by atoms with van der Waals surface area (Å²) in [7, 11) is -2.52. The lowest BCUT2D eigenvalue weighted by molar-refractivity contribution is 0.0593. The van der Waals surface area contributed by atoms with Crippen molar-refractivity contribution in [2.24, 2.45) is 0 Å². The van der Waals surface area contributed by atoms with Crippen LogP contribution in [0.15, 0.2) is 24.3 Å². The summed E-state index contributed by atoms with van der Waals surface area (Å²) in [5.74, 6) is -0.750. The molecule has 0 N–H and O–H groups in total. The van der Waals surface area contributed by atoms with Gasteiger partial charge in [-0.05, 0) is 18.2 Å². The Morgan fingerprint density at radius 3 is 2.58 bits per heavy atom. The van der Waals surface area contributed by atoms with E-state index >= 15 is 0 Å². The maximum atomic E-state index is 11.8. The zero-order valence-electron chi connectivity index (χ0n) is 10.2. The molecule has 0 aliphatic heterocycles. The molecular weight excluding hydrogens is 268 g/mol. The van der Waals surface area contributed by atoms with Gasteiger partial charge in [0.25, 0.3) is 0 Å². The molecule has 0 amide bonds. The summed E-state index contributed by atoms with van der Waals surface area (Å²) >= 11 is 0. The van der Waals surface area contributed by atoms with Crippen molar-refractivity contribution in [3.8, 4) is 6.07 Å². The van der Waals surface area contributed by atoms with Crippen molar-refractivity contribution < 1.29 is 17.9 Å². The molecular formula is C12H10N2O4S. The molecule has 7 heteroatoms. The largest absolute Gasteiger partial charge is 0.464 e. The van der Waals surface area contributed by atoms with Crippen molar-refractivity contribution in [1.29, 1.82) is 5.26 Å². The van der Waals surface area contributed by atoms with Gasteiger partial charge in [0, 0.05) is 5.39 Å². The molecule has 1 heterocycles. The van der Waals surface area contributed by atoms with E-state index in [9.17, 15) is 13.2 Å². The molecule has 0 unspecified atom stereocenters. The van der Waals surface area contributed by atoms with E-state index in [1.54, 1.807) is 12.1 Å². The van der Waals surface area contributed by atoms with Gasteiger partial charge in [0.2, 0.25) is 10.0 Å². The molecule has 1 aromatic carbocycles. The van der Waals surface area contributed by atoms with E-state index in [1.165, 1.54) is 19.2 Å². The molecule has 19 heavy (non-hydrogen) atoms. The number of nitrogens with zero attached hydrogens (tertiary/aromatic N) is 2. The Morgan fingerprint density at radius 1 is 1.37 bits per heavy atom. The van der Waals surface area contributed by atoms with Crippen LogP contribution in [0.25, 0.3) is 10.9 Å². The van der Waals surface area contributed by atoms with Gasteiger partial charge in [-0.15, -0.1) is 0 Å². The molecule has 0 radical (unpaired) electrons. The van der Waals surface area contributed by atoms with Gasteiger partial charge in [-0.3, -0.25) is 0 Å². The fraction of sp³-hybridized carbons (Fsp3) is 0.167. The lowest BCUT2D eigenvalue weighted by Gasteiger charge is -2.06. The molecule has 1 aromatic heterocycles. The van der Waals surface area contributed by atoms with Gasteiger partial charge in [0.1, 0.15) is 5.69 Å². The van der Waals surface area contributed by atoms with Crippen LogP contribution >= 0.6 is 0 Å². The summed E-state index contributed by atoms with van der Waals surface area (Å²) in [6.07, 6.45) is 0.984. The Labute approximate surface area is 109 Å². The van der Waals surface area contributed by atoms with Gasteiger partial charge < -0.3 is 4.74 Å². The molecule has 98 valence electrons. The van der Waals surface area contributed by atoms with E-state index in [2.05, 4.69) is 4.74 Å². The van der Waals surface area contributed by atoms with E-state index in [0.717, 1.165) is 10.2 Å². The summed E-state index contributed by atoms with van der Waals surface area (Å²) < 4.78 is 29.1. The van der Waals surface area contributed by atoms with Crippen molar-refractivity contribution in [3.63, 3.8) is 0 Å². The summed E-state index contributed by atoms with van der Waals surface area (Å²) in [6.45, 7) is 0. The highest BCUT2D eigenvalue weighted by Gasteiger charge is 2.22. The second-order valence-electron chi connectivity index (χ2n) is 3.93. The number of rotatable bonds is 2. The van der Waals surface area contributed by atoms with Gasteiger partial charge in [0.15, 0.2) is 0 Å². The standard InChI is InChI=1S/C12H10N2O4S/c1-18-12(15)11-6-9-4-3-8(7-13)5-10(9)14(11)19(2,16)17/h3-6H,1-2H3. The Morgan fingerprint density at radius 2 is 2.05 bits per heavy atom. The monoisotopic (exact) mass is 278 g/mol. The van der Waals surface area contributed by atoms with Crippen LogP contribution in [0.3, 0.4) is 0 Å². The third kappa shape index (κ3) is 2.18. The SMILES string of the molecule is COC(=O)c1cc2ccc(C#N)cc2n1S(C)(=O)=O. The first-order valence-electron chi connectivity index (χ1n) is 5.23. The number of ether oxygens (including phenoxy) is 1. The zero-order chi connectivity index (χ0) is 14.2. The fourth-order valence-electron chi connectivity index (χ4n) is 1.85. The topological polar surface area (TPSA) is 89.2 Å². The van der Waals surface area contributed by atoms with Crippen LogP contribution in [0.4, 0.5) is 0 Å². The van der Waals surface area contributed by atoms with Crippen LogP contribution in [0.2, 0.25) is 0 Å². The molecule has 0 bridgehead atoms. The molecule has 0 spiro atoms. The number of carbonyl (C=O) groups excluding carboxylic acids is 1. The number of esters is 1. The molecule has 0 saturated carbocycles. The molecule has 2 rings (SSSR count). The highest BCUT2D eigenvalue weighted by Crippen LogP contribution is 2.23. The lowest BCUT2D eigenvalue weighted by Crippen LogP contribution is -2.17. The van der Waals surface area contributed by atoms with E-state index in [0.29, 0.717) is 10.9 Å². The molecule has 0 atom stereocenters. The minimum absolute atomic E-state index is 0.0879. The average molecular weight is 278 g/mol. The van der Waals surface area contributed by atoms with Crippen LogP contribution in [0.1, 0.15) is 16.1 Å². The molecule has 0 aliphatic rings. The highest BCUT2D eigenvalue weighted by molar-refractivity contribution is 7.89. The highest BCUT2D eigenvalue weighted by atomic mass is 32.2.